The van der Waals surface area contributed by atoms with E-state index in [4.69, 9.17) is 19.9 Å². The topological polar surface area (TPSA) is 141 Å². The average molecular weight is 502 g/mol. The number of rotatable bonds is 11. The molecule has 0 fully saturated rings. The van der Waals surface area contributed by atoms with Crippen LogP contribution in [0.3, 0.4) is 0 Å². The zero-order valence-corrected chi connectivity index (χ0v) is 20.3. The van der Waals surface area contributed by atoms with Gasteiger partial charge in [0.2, 0.25) is 5.91 Å². The van der Waals surface area contributed by atoms with Crippen LogP contribution in [0.25, 0.3) is 6.08 Å². The number of hydrogen-bond acceptors (Lipinski definition) is 8. The van der Waals surface area contributed by atoms with Crippen LogP contribution in [0.2, 0.25) is 0 Å². The van der Waals surface area contributed by atoms with Crippen LogP contribution in [0, 0.1) is 11.3 Å². The summed E-state index contributed by atoms with van der Waals surface area (Å²) in [4.78, 5) is 35.4. The number of esters is 2. The number of carbonyl (C=O) groups is 3. The fourth-order valence-electron chi connectivity index (χ4n) is 2.84. The van der Waals surface area contributed by atoms with Gasteiger partial charge in [-0.1, -0.05) is 30.3 Å². The summed E-state index contributed by atoms with van der Waals surface area (Å²) in [5, 5.41) is 11.6. The summed E-state index contributed by atoms with van der Waals surface area (Å²) in [5.74, 6) is -1.27. The third-order valence-electron chi connectivity index (χ3n) is 4.57. The Balaban J connectivity index is 0.00000612. The molecule has 0 bridgehead atoms. The zero-order valence-electron chi connectivity index (χ0n) is 19.5. The highest BCUT2D eigenvalue weighted by atomic mass is 35.5. The number of nitriles is 1. The molecule has 0 radical (unpaired) electrons. The molecule has 2 aromatic rings. The van der Waals surface area contributed by atoms with Gasteiger partial charge in [-0.2, -0.15) is 5.26 Å². The molecule has 0 spiro atoms. The Bertz CT molecular complexity index is 1080. The SMILES string of the molecule is COC(=O)C(=Cc1ccc(C#N)cc1OC[C@@H](N)CCC(=O)OCc1ccccc1)NC(C)=O.Cl. The first-order chi connectivity index (χ1) is 16.3. The van der Waals surface area contributed by atoms with Crippen LogP contribution < -0.4 is 15.8 Å². The van der Waals surface area contributed by atoms with E-state index in [1.165, 1.54) is 26.2 Å². The van der Waals surface area contributed by atoms with Gasteiger partial charge in [0.15, 0.2) is 0 Å². The van der Waals surface area contributed by atoms with E-state index in [-0.39, 0.29) is 49.5 Å². The monoisotopic (exact) mass is 501 g/mol. The highest BCUT2D eigenvalue weighted by molar-refractivity contribution is 5.97. The average Bonchev–Trinajstić information content (AvgIpc) is 2.84. The molecular weight excluding hydrogens is 474 g/mol. The summed E-state index contributed by atoms with van der Waals surface area (Å²) in [5.41, 5.74) is 7.67. The quantitative estimate of drug-likeness (QED) is 0.353. The number of amides is 1. The van der Waals surface area contributed by atoms with Gasteiger partial charge in [-0.25, -0.2) is 4.79 Å². The molecule has 0 aromatic heterocycles. The molecule has 1 amide bonds. The van der Waals surface area contributed by atoms with E-state index in [9.17, 15) is 19.6 Å². The summed E-state index contributed by atoms with van der Waals surface area (Å²) in [6, 6.07) is 15.5. The van der Waals surface area contributed by atoms with Crippen molar-refractivity contribution in [3.05, 3.63) is 70.9 Å². The second-order valence-electron chi connectivity index (χ2n) is 7.35. The van der Waals surface area contributed by atoms with Gasteiger partial charge in [0, 0.05) is 24.9 Å². The molecule has 0 aliphatic carbocycles. The number of halogens is 1. The van der Waals surface area contributed by atoms with Crippen molar-refractivity contribution in [2.24, 2.45) is 5.73 Å². The Labute approximate surface area is 210 Å². The maximum atomic E-state index is 12.0. The lowest BCUT2D eigenvalue weighted by atomic mass is 10.1. The molecule has 1 atom stereocenters. The lowest BCUT2D eigenvalue weighted by Gasteiger charge is -2.15. The van der Waals surface area contributed by atoms with Crippen molar-refractivity contribution in [3.8, 4) is 11.8 Å². The second-order valence-corrected chi connectivity index (χ2v) is 7.35. The number of hydrogen-bond donors (Lipinski definition) is 2. The minimum atomic E-state index is -0.740. The van der Waals surface area contributed by atoms with Crippen LogP contribution in [0.1, 0.15) is 36.5 Å². The minimum Gasteiger partial charge on any atom is -0.491 e. The van der Waals surface area contributed by atoms with E-state index in [2.05, 4.69) is 5.32 Å². The summed E-state index contributed by atoms with van der Waals surface area (Å²) < 4.78 is 15.7. The Morgan fingerprint density at radius 1 is 1.17 bits per heavy atom. The Morgan fingerprint density at radius 2 is 1.89 bits per heavy atom. The maximum absolute atomic E-state index is 12.0. The van der Waals surface area contributed by atoms with Gasteiger partial charge in [-0.05, 0) is 36.3 Å². The van der Waals surface area contributed by atoms with Gasteiger partial charge < -0.3 is 25.3 Å². The summed E-state index contributed by atoms with van der Waals surface area (Å²) in [6.07, 6.45) is 1.84. The van der Waals surface area contributed by atoms with Crippen LogP contribution in [0.4, 0.5) is 0 Å². The van der Waals surface area contributed by atoms with E-state index in [0.717, 1.165) is 5.56 Å². The van der Waals surface area contributed by atoms with E-state index < -0.39 is 17.9 Å². The predicted octanol–water partition coefficient (Wildman–Crippen LogP) is 2.86. The largest absolute Gasteiger partial charge is 0.491 e. The van der Waals surface area contributed by atoms with Crippen molar-refractivity contribution < 1.29 is 28.6 Å². The van der Waals surface area contributed by atoms with Crippen molar-refractivity contribution >= 4 is 36.3 Å². The lowest BCUT2D eigenvalue weighted by molar-refractivity contribution is -0.145. The fraction of sp³-hybridized carbons (Fsp3) is 0.280. The molecule has 10 heteroatoms. The third kappa shape index (κ3) is 10.3. The third-order valence-corrected chi connectivity index (χ3v) is 4.57. The predicted molar refractivity (Wildman–Crippen MR) is 131 cm³/mol. The number of nitrogens with one attached hydrogen (secondary N) is 1. The standard InChI is InChI=1S/C25H27N3O6.ClH/c1-17(29)28-22(25(31)32-2)13-20-9-8-19(14-26)12-23(20)33-16-21(27)10-11-24(30)34-15-18-6-4-3-5-7-18;/h3-9,12-13,21H,10-11,15-16,27H2,1-2H3,(H,28,29);1H/t21-;/m0./s1. The first-order valence-electron chi connectivity index (χ1n) is 10.5. The number of ether oxygens (including phenoxy) is 3. The van der Waals surface area contributed by atoms with E-state index >= 15 is 0 Å². The number of carbonyl (C=O) groups excluding carboxylic acids is 3. The summed E-state index contributed by atoms with van der Waals surface area (Å²) in [7, 11) is 1.19. The molecule has 0 saturated heterocycles. The van der Waals surface area contributed by atoms with Gasteiger partial charge in [0.05, 0.1) is 18.7 Å². The number of nitrogens with zero attached hydrogens (tertiary/aromatic N) is 1. The molecule has 186 valence electrons. The van der Waals surface area contributed by atoms with E-state index in [0.29, 0.717) is 17.5 Å². The van der Waals surface area contributed by atoms with Crippen LogP contribution in [-0.4, -0.2) is 37.6 Å². The smallest absolute Gasteiger partial charge is 0.354 e. The minimum absolute atomic E-state index is 0. The van der Waals surface area contributed by atoms with Crippen molar-refractivity contribution in [2.45, 2.75) is 32.4 Å². The summed E-state index contributed by atoms with van der Waals surface area (Å²) >= 11 is 0. The van der Waals surface area contributed by atoms with Gasteiger partial charge in [0.1, 0.15) is 24.7 Å². The van der Waals surface area contributed by atoms with Crippen LogP contribution in [0.5, 0.6) is 5.75 Å². The van der Waals surface area contributed by atoms with Gasteiger partial charge in [0.25, 0.3) is 0 Å². The van der Waals surface area contributed by atoms with Crippen molar-refractivity contribution in [1.82, 2.24) is 5.32 Å². The molecule has 35 heavy (non-hydrogen) atoms. The molecule has 0 aliphatic heterocycles. The second kappa shape index (κ2) is 15.1. The molecule has 0 saturated carbocycles. The van der Waals surface area contributed by atoms with E-state index in [1.54, 1.807) is 12.1 Å². The first kappa shape index (κ1) is 29.2. The van der Waals surface area contributed by atoms with Gasteiger partial charge in [-0.3, -0.25) is 9.59 Å². The van der Waals surface area contributed by atoms with Crippen molar-refractivity contribution in [2.75, 3.05) is 13.7 Å². The maximum Gasteiger partial charge on any atom is 0.354 e. The number of nitrogens with two attached hydrogens (primary N) is 1. The number of benzene rings is 2. The molecule has 0 aliphatic rings. The number of methoxy groups -OCH3 is 1. The van der Waals surface area contributed by atoms with Crippen molar-refractivity contribution in [3.63, 3.8) is 0 Å². The molecular formula is C25H28ClN3O6. The molecule has 2 aromatic carbocycles. The summed E-state index contributed by atoms with van der Waals surface area (Å²) in [6.45, 7) is 1.51. The molecule has 0 heterocycles. The molecule has 3 N–H and O–H groups in total. The molecule has 2 rings (SSSR count). The van der Waals surface area contributed by atoms with Crippen LogP contribution in [0.15, 0.2) is 54.2 Å². The van der Waals surface area contributed by atoms with Crippen LogP contribution >= 0.6 is 12.4 Å². The van der Waals surface area contributed by atoms with Crippen LogP contribution in [-0.2, 0) is 30.5 Å². The highest BCUT2D eigenvalue weighted by Gasteiger charge is 2.15. The highest BCUT2D eigenvalue weighted by Crippen LogP contribution is 2.23. The fourth-order valence-corrected chi connectivity index (χ4v) is 2.84. The Morgan fingerprint density at radius 3 is 2.51 bits per heavy atom. The van der Waals surface area contributed by atoms with E-state index in [1.807, 2.05) is 36.4 Å². The zero-order chi connectivity index (χ0) is 24.9. The van der Waals surface area contributed by atoms with Gasteiger partial charge >= 0.3 is 11.9 Å². The first-order valence-corrected chi connectivity index (χ1v) is 10.5. The normalized spacial score (nSPS) is 11.3. The van der Waals surface area contributed by atoms with Crippen molar-refractivity contribution in [1.29, 1.82) is 5.26 Å². The Kier molecular flexibility index (Phi) is 12.6. The molecule has 0 unspecified atom stereocenters. The van der Waals surface area contributed by atoms with Gasteiger partial charge in [-0.15, -0.1) is 12.4 Å². The lowest BCUT2D eigenvalue weighted by Crippen LogP contribution is -2.29. The molecule has 9 nitrogen and oxygen atoms in total. The Hall–Kier alpha value is -3.87.